The molecular weight excluding hydrogens is 176 g/mol. The molecule has 1 amide bonds. The van der Waals surface area contributed by atoms with Crippen molar-refractivity contribution in [1.29, 1.82) is 0 Å². The van der Waals surface area contributed by atoms with E-state index in [1.165, 1.54) is 25.7 Å². The molecular formula is C11H22N2O. The molecule has 1 atom stereocenters. The minimum atomic E-state index is 0.170. The predicted molar refractivity (Wildman–Crippen MR) is 57.9 cm³/mol. The standard InChI is InChI=1S/C11H22N2O/c1-2-10(8-12)13-11(14)7-9-5-3-4-6-9/h9-10H,2-8,12H2,1H3,(H,13,14). The van der Waals surface area contributed by atoms with E-state index in [4.69, 9.17) is 5.73 Å². The molecule has 1 aliphatic carbocycles. The molecule has 0 saturated heterocycles. The topological polar surface area (TPSA) is 55.1 Å². The van der Waals surface area contributed by atoms with Gasteiger partial charge in [0, 0.05) is 19.0 Å². The summed E-state index contributed by atoms with van der Waals surface area (Å²) in [7, 11) is 0. The fourth-order valence-corrected chi connectivity index (χ4v) is 2.09. The van der Waals surface area contributed by atoms with Crippen LogP contribution in [0.1, 0.15) is 45.4 Å². The first-order chi connectivity index (χ1) is 6.76. The van der Waals surface area contributed by atoms with E-state index in [1.807, 2.05) is 6.92 Å². The van der Waals surface area contributed by atoms with Gasteiger partial charge in [0.05, 0.1) is 0 Å². The van der Waals surface area contributed by atoms with E-state index in [0.717, 1.165) is 6.42 Å². The van der Waals surface area contributed by atoms with Crippen molar-refractivity contribution in [3.05, 3.63) is 0 Å². The Labute approximate surface area is 86.4 Å². The monoisotopic (exact) mass is 198 g/mol. The average molecular weight is 198 g/mol. The summed E-state index contributed by atoms with van der Waals surface area (Å²) in [5, 5.41) is 2.98. The molecule has 0 heterocycles. The molecule has 3 heteroatoms. The fraction of sp³-hybridized carbons (Fsp3) is 0.909. The number of hydrogen-bond donors (Lipinski definition) is 2. The summed E-state index contributed by atoms with van der Waals surface area (Å²) >= 11 is 0. The van der Waals surface area contributed by atoms with Crippen LogP contribution < -0.4 is 11.1 Å². The first kappa shape index (κ1) is 11.5. The van der Waals surface area contributed by atoms with E-state index in [9.17, 15) is 4.79 Å². The summed E-state index contributed by atoms with van der Waals surface area (Å²) in [5.74, 6) is 0.819. The molecule has 0 aromatic heterocycles. The van der Waals surface area contributed by atoms with Crippen molar-refractivity contribution >= 4 is 5.91 Å². The zero-order valence-electron chi connectivity index (χ0n) is 9.09. The van der Waals surface area contributed by atoms with Crippen LogP contribution >= 0.6 is 0 Å². The molecule has 0 spiro atoms. The van der Waals surface area contributed by atoms with Gasteiger partial charge in [0.2, 0.25) is 5.91 Å². The lowest BCUT2D eigenvalue weighted by Gasteiger charge is -2.16. The zero-order valence-corrected chi connectivity index (χ0v) is 9.09. The number of carbonyl (C=O) groups excluding carboxylic acids is 1. The van der Waals surface area contributed by atoms with Gasteiger partial charge in [-0.15, -0.1) is 0 Å². The van der Waals surface area contributed by atoms with Crippen LogP contribution in [0.2, 0.25) is 0 Å². The molecule has 1 aliphatic rings. The lowest BCUT2D eigenvalue weighted by Crippen LogP contribution is -2.40. The van der Waals surface area contributed by atoms with Gasteiger partial charge in [0.1, 0.15) is 0 Å². The maximum absolute atomic E-state index is 11.6. The average Bonchev–Trinajstić information content (AvgIpc) is 2.66. The first-order valence-electron chi connectivity index (χ1n) is 5.75. The Morgan fingerprint density at radius 2 is 2.14 bits per heavy atom. The van der Waals surface area contributed by atoms with Crippen LogP contribution in [0.25, 0.3) is 0 Å². The number of nitrogens with two attached hydrogens (primary N) is 1. The van der Waals surface area contributed by atoms with Crippen LogP contribution in [0.5, 0.6) is 0 Å². The Bertz CT molecular complexity index is 166. The largest absolute Gasteiger partial charge is 0.352 e. The molecule has 1 fully saturated rings. The Morgan fingerprint density at radius 3 is 2.64 bits per heavy atom. The minimum Gasteiger partial charge on any atom is -0.352 e. The number of rotatable bonds is 5. The third kappa shape index (κ3) is 3.66. The molecule has 3 N–H and O–H groups in total. The second kappa shape index (κ2) is 6.02. The van der Waals surface area contributed by atoms with Gasteiger partial charge in [-0.25, -0.2) is 0 Å². The van der Waals surface area contributed by atoms with E-state index in [1.54, 1.807) is 0 Å². The van der Waals surface area contributed by atoms with E-state index in [0.29, 0.717) is 18.9 Å². The quantitative estimate of drug-likeness (QED) is 0.702. The summed E-state index contributed by atoms with van der Waals surface area (Å²) in [4.78, 5) is 11.6. The first-order valence-corrected chi connectivity index (χ1v) is 5.75. The van der Waals surface area contributed by atoms with Crippen molar-refractivity contribution in [3.8, 4) is 0 Å². The van der Waals surface area contributed by atoms with E-state index >= 15 is 0 Å². The summed E-state index contributed by atoms with van der Waals surface area (Å²) in [5.41, 5.74) is 5.53. The second-order valence-electron chi connectivity index (χ2n) is 4.26. The van der Waals surface area contributed by atoms with Crippen molar-refractivity contribution in [2.45, 2.75) is 51.5 Å². The van der Waals surface area contributed by atoms with Crippen LogP contribution in [-0.2, 0) is 4.79 Å². The van der Waals surface area contributed by atoms with E-state index < -0.39 is 0 Å². The maximum atomic E-state index is 11.6. The number of nitrogens with one attached hydrogen (secondary N) is 1. The van der Waals surface area contributed by atoms with Crippen LogP contribution in [0, 0.1) is 5.92 Å². The third-order valence-electron chi connectivity index (χ3n) is 3.09. The predicted octanol–water partition coefficient (Wildman–Crippen LogP) is 1.42. The fourth-order valence-electron chi connectivity index (χ4n) is 2.09. The molecule has 3 nitrogen and oxygen atoms in total. The van der Waals surface area contributed by atoms with Gasteiger partial charge in [0.25, 0.3) is 0 Å². The lowest BCUT2D eigenvalue weighted by atomic mass is 10.0. The van der Waals surface area contributed by atoms with Crippen molar-refractivity contribution in [2.24, 2.45) is 11.7 Å². The SMILES string of the molecule is CCC(CN)NC(=O)CC1CCCC1. The summed E-state index contributed by atoms with van der Waals surface area (Å²) < 4.78 is 0. The molecule has 1 rings (SSSR count). The van der Waals surface area contributed by atoms with Gasteiger partial charge in [-0.1, -0.05) is 19.8 Å². The highest BCUT2D eigenvalue weighted by Gasteiger charge is 2.19. The van der Waals surface area contributed by atoms with Crippen molar-refractivity contribution in [1.82, 2.24) is 5.32 Å². The highest BCUT2D eigenvalue weighted by atomic mass is 16.1. The van der Waals surface area contributed by atoms with E-state index in [-0.39, 0.29) is 11.9 Å². The van der Waals surface area contributed by atoms with E-state index in [2.05, 4.69) is 5.32 Å². The molecule has 1 unspecified atom stereocenters. The smallest absolute Gasteiger partial charge is 0.220 e. The van der Waals surface area contributed by atoms with Crippen LogP contribution in [0.3, 0.4) is 0 Å². The third-order valence-corrected chi connectivity index (χ3v) is 3.09. The van der Waals surface area contributed by atoms with Crippen molar-refractivity contribution < 1.29 is 4.79 Å². The van der Waals surface area contributed by atoms with Crippen molar-refractivity contribution in [3.63, 3.8) is 0 Å². The summed E-state index contributed by atoms with van der Waals surface area (Å²) in [6.07, 6.45) is 6.68. The number of amides is 1. The van der Waals surface area contributed by atoms with Crippen LogP contribution in [0.15, 0.2) is 0 Å². The summed E-state index contributed by atoms with van der Waals surface area (Å²) in [6, 6.07) is 0.170. The molecule has 0 aromatic carbocycles. The minimum absolute atomic E-state index is 0.170. The molecule has 82 valence electrons. The second-order valence-corrected chi connectivity index (χ2v) is 4.26. The number of hydrogen-bond acceptors (Lipinski definition) is 2. The van der Waals surface area contributed by atoms with Gasteiger partial charge in [-0.3, -0.25) is 4.79 Å². The van der Waals surface area contributed by atoms with Crippen molar-refractivity contribution in [2.75, 3.05) is 6.54 Å². The van der Waals surface area contributed by atoms with Gasteiger partial charge < -0.3 is 11.1 Å². The lowest BCUT2D eigenvalue weighted by molar-refractivity contribution is -0.122. The van der Waals surface area contributed by atoms with Gasteiger partial charge >= 0.3 is 0 Å². The molecule has 1 saturated carbocycles. The molecule has 0 aliphatic heterocycles. The Balaban J connectivity index is 2.20. The molecule has 0 aromatic rings. The maximum Gasteiger partial charge on any atom is 0.220 e. The van der Waals surface area contributed by atoms with Crippen LogP contribution in [-0.4, -0.2) is 18.5 Å². The van der Waals surface area contributed by atoms with Gasteiger partial charge in [-0.05, 0) is 25.2 Å². The normalized spacial score (nSPS) is 19.6. The molecule has 14 heavy (non-hydrogen) atoms. The zero-order chi connectivity index (χ0) is 10.4. The van der Waals surface area contributed by atoms with Crippen LogP contribution in [0.4, 0.5) is 0 Å². The Hall–Kier alpha value is -0.570. The Kier molecular flexibility index (Phi) is 4.94. The summed E-state index contributed by atoms with van der Waals surface area (Å²) in [6.45, 7) is 2.60. The highest BCUT2D eigenvalue weighted by molar-refractivity contribution is 5.76. The van der Waals surface area contributed by atoms with Gasteiger partial charge in [0.15, 0.2) is 0 Å². The Morgan fingerprint density at radius 1 is 1.50 bits per heavy atom. The molecule has 0 bridgehead atoms. The highest BCUT2D eigenvalue weighted by Crippen LogP contribution is 2.27. The number of carbonyl (C=O) groups is 1. The van der Waals surface area contributed by atoms with Gasteiger partial charge in [-0.2, -0.15) is 0 Å². The molecule has 0 radical (unpaired) electrons.